The van der Waals surface area contributed by atoms with Crippen molar-refractivity contribution in [1.82, 2.24) is 15.1 Å². The summed E-state index contributed by atoms with van der Waals surface area (Å²) in [5.41, 5.74) is 0.779. The Morgan fingerprint density at radius 2 is 2.31 bits per heavy atom. The maximum Gasteiger partial charge on any atom is 0.227 e. The maximum absolute atomic E-state index is 8.43. The van der Waals surface area contributed by atoms with Gasteiger partial charge in [0, 0.05) is 35.3 Å². The lowest BCUT2D eigenvalue weighted by Crippen LogP contribution is -1.85. The molecule has 0 aliphatic heterocycles. The molecule has 0 unspecified atom stereocenters. The van der Waals surface area contributed by atoms with Crippen molar-refractivity contribution in [3.8, 4) is 17.5 Å². The molecule has 0 radical (unpaired) electrons. The molecule has 0 aromatic carbocycles. The molecule has 2 aromatic rings. The Morgan fingerprint density at radius 3 is 3.06 bits per heavy atom. The van der Waals surface area contributed by atoms with Gasteiger partial charge in [-0.05, 0) is 22.0 Å². The molecule has 0 aliphatic carbocycles. The minimum atomic E-state index is 0.373. The minimum Gasteiger partial charge on any atom is -0.339 e. The van der Waals surface area contributed by atoms with Gasteiger partial charge in [0.25, 0.3) is 0 Å². The highest BCUT2D eigenvalue weighted by molar-refractivity contribution is 9.10. The number of nitriles is 1. The molecule has 2 aromatic heterocycles. The predicted octanol–water partition coefficient (Wildman–Crippen LogP) is 2.35. The van der Waals surface area contributed by atoms with Gasteiger partial charge < -0.3 is 4.52 Å². The standard InChI is InChI=1S/C10H7BrN4O/c11-8-4-7(5-13-6-8)10-14-9(16-15-10)2-1-3-12/h4-6H,1-2H2. The van der Waals surface area contributed by atoms with E-state index in [1.807, 2.05) is 12.1 Å². The van der Waals surface area contributed by atoms with Gasteiger partial charge in [0.2, 0.25) is 11.7 Å². The molecule has 0 atom stereocenters. The minimum absolute atomic E-state index is 0.373. The molecule has 0 bridgehead atoms. The highest BCUT2D eigenvalue weighted by atomic mass is 79.9. The lowest BCUT2D eigenvalue weighted by Gasteiger charge is -1.93. The van der Waals surface area contributed by atoms with Crippen LogP contribution < -0.4 is 0 Å². The number of hydrogen-bond donors (Lipinski definition) is 0. The van der Waals surface area contributed by atoms with E-state index in [-0.39, 0.29) is 0 Å². The molecule has 2 rings (SSSR count). The van der Waals surface area contributed by atoms with Crippen LogP contribution in [0.4, 0.5) is 0 Å². The van der Waals surface area contributed by atoms with Crippen molar-refractivity contribution in [3.05, 3.63) is 28.8 Å². The van der Waals surface area contributed by atoms with E-state index in [1.54, 1.807) is 12.4 Å². The first-order chi connectivity index (χ1) is 7.79. The van der Waals surface area contributed by atoms with Gasteiger partial charge in [-0.2, -0.15) is 10.2 Å². The topological polar surface area (TPSA) is 75.6 Å². The first kappa shape index (κ1) is 10.8. The molecule has 0 N–H and O–H groups in total. The largest absolute Gasteiger partial charge is 0.339 e. The van der Waals surface area contributed by atoms with E-state index in [9.17, 15) is 0 Å². The summed E-state index contributed by atoms with van der Waals surface area (Å²) in [7, 11) is 0. The van der Waals surface area contributed by atoms with Crippen LogP contribution in [0.2, 0.25) is 0 Å². The predicted molar refractivity (Wildman–Crippen MR) is 59.2 cm³/mol. The van der Waals surface area contributed by atoms with Crippen LogP contribution in [0.5, 0.6) is 0 Å². The molecule has 0 spiro atoms. The fourth-order valence-corrected chi connectivity index (χ4v) is 1.54. The van der Waals surface area contributed by atoms with Gasteiger partial charge >= 0.3 is 0 Å². The Bertz CT molecular complexity index is 532. The Morgan fingerprint density at radius 1 is 1.44 bits per heavy atom. The van der Waals surface area contributed by atoms with Crippen molar-refractivity contribution in [2.45, 2.75) is 12.8 Å². The zero-order chi connectivity index (χ0) is 11.4. The Balaban J connectivity index is 2.22. The number of hydrogen-bond acceptors (Lipinski definition) is 5. The van der Waals surface area contributed by atoms with Crippen molar-refractivity contribution < 1.29 is 4.52 Å². The van der Waals surface area contributed by atoms with Crippen molar-refractivity contribution in [3.63, 3.8) is 0 Å². The quantitative estimate of drug-likeness (QED) is 0.861. The van der Waals surface area contributed by atoms with Crippen molar-refractivity contribution >= 4 is 15.9 Å². The smallest absolute Gasteiger partial charge is 0.227 e. The van der Waals surface area contributed by atoms with Crippen LogP contribution in [-0.4, -0.2) is 15.1 Å². The van der Waals surface area contributed by atoms with Gasteiger partial charge in [-0.3, -0.25) is 4.98 Å². The van der Waals surface area contributed by atoms with Crippen LogP contribution in [-0.2, 0) is 6.42 Å². The van der Waals surface area contributed by atoms with E-state index in [0.717, 1.165) is 10.0 Å². The average Bonchev–Trinajstić information content (AvgIpc) is 2.75. The molecule has 0 saturated heterocycles. The molecular formula is C10H7BrN4O. The SMILES string of the molecule is N#CCCc1nc(-c2cncc(Br)c2)no1. The molecular weight excluding hydrogens is 272 g/mol. The molecule has 80 valence electrons. The third-order valence-electron chi connectivity index (χ3n) is 1.88. The summed E-state index contributed by atoms with van der Waals surface area (Å²) in [6.45, 7) is 0. The first-order valence-electron chi connectivity index (χ1n) is 4.60. The summed E-state index contributed by atoms with van der Waals surface area (Å²) in [6.07, 6.45) is 4.19. The summed E-state index contributed by atoms with van der Waals surface area (Å²) in [5.74, 6) is 0.957. The van der Waals surface area contributed by atoms with Gasteiger partial charge in [0.1, 0.15) is 0 Å². The number of aryl methyl sites for hydroxylation is 1. The summed E-state index contributed by atoms with van der Waals surface area (Å²) >= 11 is 3.32. The van der Waals surface area contributed by atoms with E-state index in [0.29, 0.717) is 24.6 Å². The number of halogens is 1. The molecule has 16 heavy (non-hydrogen) atoms. The monoisotopic (exact) mass is 278 g/mol. The average molecular weight is 279 g/mol. The van der Waals surface area contributed by atoms with E-state index in [2.05, 4.69) is 31.1 Å². The summed E-state index contributed by atoms with van der Waals surface area (Å²) < 4.78 is 5.86. The van der Waals surface area contributed by atoms with Crippen molar-refractivity contribution in [1.29, 1.82) is 5.26 Å². The summed E-state index contributed by atoms with van der Waals surface area (Å²) in [5, 5.41) is 12.3. The van der Waals surface area contributed by atoms with E-state index in [4.69, 9.17) is 9.78 Å². The van der Waals surface area contributed by atoms with Gasteiger partial charge in [0.15, 0.2) is 0 Å². The Hall–Kier alpha value is -1.74. The molecule has 0 amide bonds. The summed E-state index contributed by atoms with van der Waals surface area (Å²) in [6, 6.07) is 3.88. The highest BCUT2D eigenvalue weighted by Crippen LogP contribution is 2.19. The molecule has 5 nitrogen and oxygen atoms in total. The molecule has 0 fully saturated rings. The number of nitrogens with zero attached hydrogens (tertiary/aromatic N) is 4. The van der Waals surface area contributed by atoms with E-state index in [1.165, 1.54) is 0 Å². The second-order valence-corrected chi connectivity index (χ2v) is 3.98. The van der Waals surface area contributed by atoms with Crippen molar-refractivity contribution in [2.75, 3.05) is 0 Å². The second-order valence-electron chi connectivity index (χ2n) is 3.06. The highest BCUT2D eigenvalue weighted by Gasteiger charge is 2.08. The van der Waals surface area contributed by atoms with Gasteiger partial charge in [-0.1, -0.05) is 5.16 Å². The van der Waals surface area contributed by atoms with Crippen LogP contribution in [0, 0.1) is 11.3 Å². The second kappa shape index (κ2) is 4.86. The van der Waals surface area contributed by atoms with Gasteiger partial charge in [0.05, 0.1) is 6.07 Å². The van der Waals surface area contributed by atoms with E-state index >= 15 is 0 Å². The van der Waals surface area contributed by atoms with Gasteiger partial charge in [-0.25, -0.2) is 0 Å². The molecule has 6 heteroatoms. The lowest BCUT2D eigenvalue weighted by molar-refractivity contribution is 0.380. The maximum atomic E-state index is 8.43. The third-order valence-corrected chi connectivity index (χ3v) is 2.32. The molecule has 0 saturated carbocycles. The Labute approximate surface area is 100 Å². The van der Waals surface area contributed by atoms with Gasteiger partial charge in [-0.15, -0.1) is 0 Å². The number of rotatable bonds is 3. The molecule has 2 heterocycles. The lowest BCUT2D eigenvalue weighted by atomic mass is 10.3. The Kier molecular flexibility index (Phi) is 3.27. The van der Waals surface area contributed by atoms with Crippen LogP contribution in [0.1, 0.15) is 12.3 Å². The number of pyridine rings is 1. The third kappa shape index (κ3) is 2.44. The fraction of sp³-hybridized carbons (Fsp3) is 0.200. The van der Waals surface area contributed by atoms with E-state index < -0.39 is 0 Å². The van der Waals surface area contributed by atoms with Crippen LogP contribution in [0.3, 0.4) is 0 Å². The van der Waals surface area contributed by atoms with Crippen molar-refractivity contribution in [2.24, 2.45) is 0 Å². The van der Waals surface area contributed by atoms with Crippen LogP contribution in [0.15, 0.2) is 27.5 Å². The zero-order valence-electron chi connectivity index (χ0n) is 8.22. The first-order valence-corrected chi connectivity index (χ1v) is 5.39. The van der Waals surface area contributed by atoms with Crippen LogP contribution in [0.25, 0.3) is 11.4 Å². The molecule has 0 aliphatic rings. The number of aromatic nitrogens is 3. The van der Waals surface area contributed by atoms with Crippen LogP contribution >= 0.6 is 15.9 Å². The fourth-order valence-electron chi connectivity index (χ4n) is 1.17. The zero-order valence-corrected chi connectivity index (χ0v) is 9.81. The summed E-state index contributed by atoms with van der Waals surface area (Å²) in [4.78, 5) is 8.18. The normalized spacial score (nSPS) is 10.0.